The van der Waals surface area contributed by atoms with E-state index in [1.54, 1.807) is 36.4 Å². The van der Waals surface area contributed by atoms with E-state index >= 15 is 0 Å². The first kappa shape index (κ1) is 24.1. The van der Waals surface area contributed by atoms with Crippen LogP contribution in [0.2, 0.25) is 5.02 Å². The summed E-state index contributed by atoms with van der Waals surface area (Å²) >= 11 is 5.89. The number of halogens is 2. The molecule has 0 aliphatic carbocycles. The number of aromatic nitrogens is 3. The number of nitrogens with one attached hydrogen (secondary N) is 2. The number of nitrogens with zero attached hydrogens (tertiary/aromatic N) is 3. The molecule has 0 aliphatic rings. The zero-order valence-electron chi connectivity index (χ0n) is 19.6. The molecule has 6 N–H and O–H groups in total. The predicted octanol–water partition coefficient (Wildman–Crippen LogP) is 5.30. The zero-order chi connectivity index (χ0) is 25.9. The Morgan fingerprint density at radius 1 is 0.973 bits per heavy atom. The van der Waals surface area contributed by atoms with Crippen LogP contribution < -0.4 is 22.1 Å². The Morgan fingerprint density at radius 2 is 1.73 bits per heavy atom. The molecule has 10 heteroatoms. The van der Waals surface area contributed by atoms with Gasteiger partial charge in [0.05, 0.1) is 21.8 Å². The molecule has 0 spiro atoms. The van der Waals surface area contributed by atoms with Crippen LogP contribution in [0.25, 0.3) is 11.0 Å². The molecule has 5 aromatic rings. The average molecular weight is 516 g/mol. The van der Waals surface area contributed by atoms with Crippen LogP contribution in [0.3, 0.4) is 0 Å². The van der Waals surface area contributed by atoms with Gasteiger partial charge in [-0.05, 0) is 53.6 Å². The number of fused-ring (bicyclic) bond motifs is 1. The maximum Gasteiger partial charge on any atom is 0.255 e. The summed E-state index contributed by atoms with van der Waals surface area (Å²) in [4.78, 5) is 21.4. The van der Waals surface area contributed by atoms with Gasteiger partial charge in [-0.25, -0.2) is 4.39 Å². The molecule has 0 unspecified atom stereocenters. The van der Waals surface area contributed by atoms with Crippen LogP contribution in [0.5, 0.6) is 0 Å². The summed E-state index contributed by atoms with van der Waals surface area (Å²) < 4.78 is 15.4. The molecular formula is C27H23ClFN7O. The maximum absolute atomic E-state index is 13.5. The van der Waals surface area contributed by atoms with Crippen LogP contribution >= 0.6 is 11.6 Å². The summed E-state index contributed by atoms with van der Waals surface area (Å²) in [5.74, 6) is -0.0200. The first-order valence-electron chi connectivity index (χ1n) is 11.4. The summed E-state index contributed by atoms with van der Waals surface area (Å²) in [6.07, 6.45) is 1.90. The van der Waals surface area contributed by atoms with Gasteiger partial charge in [-0.1, -0.05) is 41.9 Å². The summed E-state index contributed by atoms with van der Waals surface area (Å²) in [6.45, 7) is 0.898. The van der Waals surface area contributed by atoms with Crippen molar-refractivity contribution in [3.8, 4) is 0 Å². The number of anilines is 4. The van der Waals surface area contributed by atoms with Crippen molar-refractivity contribution < 1.29 is 9.18 Å². The standard InChI is InChI=1S/C27H23ClFN7O/c28-20-13-17(7-10-21(20)29)14-32-24-19-11-12-36(25(19)35-27(31)34-24)15-16-5-8-18(9-6-16)26(37)33-23-4-2-1-3-22(23)30/h1-13H,14-15,30H2,(H,33,37)(H3,31,32,34,35). The van der Waals surface area contributed by atoms with Crippen molar-refractivity contribution in [2.24, 2.45) is 0 Å². The van der Waals surface area contributed by atoms with Crippen molar-refractivity contribution in [1.82, 2.24) is 14.5 Å². The van der Waals surface area contributed by atoms with Crippen LogP contribution in [0.1, 0.15) is 21.5 Å². The average Bonchev–Trinajstić information content (AvgIpc) is 3.28. The van der Waals surface area contributed by atoms with E-state index in [1.165, 1.54) is 6.07 Å². The number of hydrogen-bond acceptors (Lipinski definition) is 6. The van der Waals surface area contributed by atoms with Crippen LogP contribution in [0.15, 0.2) is 79.0 Å². The Balaban J connectivity index is 1.31. The largest absolute Gasteiger partial charge is 0.397 e. The van der Waals surface area contributed by atoms with E-state index in [9.17, 15) is 9.18 Å². The van der Waals surface area contributed by atoms with Crippen molar-refractivity contribution in [3.05, 3.63) is 107 Å². The highest BCUT2D eigenvalue weighted by Gasteiger charge is 2.13. The van der Waals surface area contributed by atoms with Crippen LogP contribution in [0.4, 0.5) is 27.5 Å². The molecule has 3 aromatic carbocycles. The van der Waals surface area contributed by atoms with Gasteiger partial charge >= 0.3 is 0 Å². The number of hydrogen-bond donors (Lipinski definition) is 4. The molecule has 0 aliphatic heterocycles. The zero-order valence-corrected chi connectivity index (χ0v) is 20.3. The fourth-order valence-corrected chi connectivity index (χ4v) is 4.15. The lowest BCUT2D eigenvalue weighted by Crippen LogP contribution is -2.13. The monoisotopic (exact) mass is 515 g/mol. The van der Waals surface area contributed by atoms with Crippen molar-refractivity contribution in [3.63, 3.8) is 0 Å². The van der Waals surface area contributed by atoms with Crippen molar-refractivity contribution in [1.29, 1.82) is 0 Å². The third-order valence-corrected chi connectivity index (χ3v) is 6.15. The Kier molecular flexibility index (Phi) is 6.61. The van der Waals surface area contributed by atoms with Crippen molar-refractivity contribution in [2.45, 2.75) is 13.1 Å². The van der Waals surface area contributed by atoms with Crippen molar-refractivity contribution >= 4 is 51.7 Å². The number of rotatable bonds is 7. The highest BCUT2D eigenvalue weighted by Crippen LogP contribution is 2.25. The van der Waals surface area contributed by atoms with Gasteiger partial charge in [-0.2, -0.15) is 9.97 Å². The van der Waals surface area contributed by atoms with Gasteiger partial charge in [-0.15, -0.1) is 0 Å². The second kappa shape index (κ2) is 10.2. The summed E-state index contributed by atoms with van der Waals surface area (Å²) in [5, 5.41) is 6.91. The molecular weight excluding hydrogens is 493 g/mol. The molecule has 5 rings (SSSR count). The van der Waals surface area contributed by atoms with Gasteiger partial charge in [0.2, 0.25) is 5.95 Å². The van der Waals surface area contributed by atoms with Gasteiger partial charge < -0.3 is 26.7 Å². The fourth-order valence-electron chi connectivity index (χ4n) is 3.94. The topological polar surface area (TPSA) is 124 Å². The second-order valence-corrected chi connectivity index (χ2v) is 8.86. The minimum absolute atomic E-state index is 0.0606. The van der Waals surface area contributed by atoms with Crippen LogP contribution in [0, 0.1) is 5.82 Å². The minimum atomic E-state index is -0.467. The van der Waals surface area contributed by atoms with Crippen LogP contribution in [-0.2, 0) is 13.1 Å². The molecule has 37 heavy (non-hydrogen) atoms. The highest BCUT2D eigenvalue weighted by atomic mass is 35.5. The third kappa shape index (κ3) is 5.31. The molecule has 0 fully saturated rings. The van der Waals surface area contributed by atoms with Crippen molar-refractivity contribution in [2.75, 3.05) is 22.1 Å². The number of para-hydroxylation sites is 2. The number of carbonyl (C=O) groups is 1. The van der Waals surface area contributed by atoms with Gasteiger partial charge in [0.15, 0.2) is 0 Å². The van der Waals surface area contributed by atoms with E-state index in [0.717, 1.165) is 16.5 Å². The molecule has 8 nitrogen and oxygen atoms in total. The number of amides is 1. The number of nitrogen functional groups attached to an aromatic ring is 2. The highest BCUT2D eigenvalue weighted by molar-refractivity contribution is 6.30. The quantitative estimate of drug-likeness (QED) is 0.218. The molecule has 0 saturated carbocycles. The van der Waals surface area contributed by atoms with Gasteiger partial charge in [0, 0.05) is 24.8 Å². The van der Waals surface area contributed by atoms with Gasteiger partial charge in [0.1, 0.15) is 17.3 Å². The molecule has 0 atom stereocenters. The second-order valence-electron chi connectivity index (χ2n) is 8.45. The molecule has 0 bridgehead atoms. The molecule has 2 aromatic heterocycles. The van der Waals surface area contributed by atoms with E-state index in [-0.39, 0.29) is 16.9 Å². The fraction of sp³-hybridized carbons (Fsp3) is 0.0741. The number of benzene rings is 3. The lowest BCUT2D eigenvalue weighted by atomic mass is 10.1. The summed E-state index contributed by atoms with van der Waals surface area (Å²) in [6, 6.07) is 20.9. The minimum Gasteiger partial charge on any atom is -0.397 e. The molecule has 2 heterocycles. The first-order chi connectivity index (χ1) is 17.9. The SMILES string of the molecule is Nc1nc(NCc2ccc(F)c(Cl)c2)c2ccn(Cc3ccc(C(=O)Nc4ccccc4N)cc3)c2n1. The lowest BCUT2D eigenvalue weighted by Gasteiger charge is -2.11. The Morgan fingerprint density at radius 3 is 2.49 bits per heavy atom. The first-order valence-corrected chi connectivity index (χ1v) is 11.8. The smallest absolute Gasteiger partial charge is 0.255 e. The Bertz CT molecular complexity index is 1600. The van der Waals surface area contributed by atoms with Gasteiger partial charge in [-0.3, -0.25) is 4.79 Å². The lowest BCUT2D eigenvalue weighted by molar-refractivity contribution is 0.102. The normalized spacial score (nSPS) is 11.0. The van der Waals surface area contributed by atoms with E-state index in [2.05, 4.69) is 20.6 Å². The van der Waals surface area contributed by atoms with E-state index in [1.807, 2.05) is 41.1 Å². The van der Waals surface area contributed by atoms with E-state index in [4.69, 9.17) is 23.1 Å². The molecule has 0 radical (unpaired) electrons. The Labute approximate surface area is 217 Å². The Hall–Kier alpha value is -4.63. The predicted molar refractivity (Wildman–Crippen MR) is 145 cm³/mol. The number of nitrogens with two attached hydrogens (primary N) is 2. The van der Waals surface area contributed by atoms with Gasteiger partial charge in [0.25, 0.3) is 5.91 Å². The summed E-state index contributed by atoms with van der Waals surface area (Å²) in [7, 11) is 0. The summed E-state index contributed by atoms with van der Waals surface area (Å²) in [5.41, 5.74) is 15.9. The molecule has 0 saturated heterocycles. The third-order valence-electron chi connectivity index (χ3n) is 5.86. The number of carbonyl (C=O) groups excluding carboxylic acids is 1. The van der Waals surface area contributed by atoms with Crippen LogP contribution in [-0.4, -0.2) is 20.4 Å². The van der Waals surface area contributed by atoms with E-state index in [0.29, 0.717) is 41.5 Å². The maximum atomic E-state index is 13.5. The molecule has 1 amide bonds. The van der Waals surface area contributed by atoms with E-state index < -0.39 is 5.82 Å². The molecule has 186 valence electrons.